The Morgan fingerprint density at radius 1 is 0.750 bits per heavy atom. The molecule has 1 aliphatic heterocycles. The molecule has 3 heteroatoms. The Labute approximate surface area is 239 Å². The molecule has 4 atom stereocenters. The zero-order valence-corrected chi connectivity index (χ0v) is 29.3. The molecule has 1 rings (SSSR count). The van der Waals surface area contributed by atoms with Crippen LogP contribution in [0, 0.1) is 27.6 Å². The molecule has 214 valence electrons. The Morgan fingerprint density at radius 3 is 1.89 bits per heavy atom. The summed E-state index contributed by atoms with van der Waals surface area (Å²) in [6.07, 6.45) is 25.9. The Kier molecular flexibility index (Phi) is 16.3. The predicted octanol–water partition coefficient (Wildman–Crippen LogP) is 10.5. The van der Waals surface area contributed by atoms with E-state index < -0.39 is 19.6 Å². The van der Waals surface area contributed by atoms with Gasteiger partial charge in [0.1, 0.15) is 0 Å². The third-order valence-electron chi connectivity index (χ3n) is 11.3. The van der Waals surface area contributed by atoms with Gasteiger partial charge in [-0.1, -0.05) is 0 Å². The van der Waals surface area contributed by atoms with Gasteiger partial charge in [0.25, 0.3) is 0 Å². The topological polar surface area (TPSA) is 0 Å². The maximum atomic E-state index is 2.78. The Bertz CT molecular complexity index is 572. The van der Waals surface area contributed by atoms with Crippen LogP contribution >= 0.6 is 19.6 Å². The van der Waals surface area contributed by atoms with Gasteiger partial charge in [-0.25, -0.2) is 0 Å². The van der Waals surface area contributed by atoms with Crippen LogP contribution in [0.3, 0.4) is 0 Å². The van der Waals surface area contributed by atoms with Crippen molar-refractivity contribution in [2.24, 2.45) is 27.6 Å². The van der Waals surface area contributed by atoms with Crippen LogP contribution in [0.1, 0.15) is 165 Å². The Morgan fingerprint density at radius 2 is 1.33 bits per heavy atom. The van der Waals surface area contributed by atoms with Crippen molar-refractivity contribution in [1.82, 2.24) is 0 Å². The van der Waals surface area contributed by atoms with Gasteiger partial charge in [0, 0.05) is 0 Å². The van der Waals surface area contributed by atoms with Crippen LogP contribution in [0.4, 0.5) is 0 Å². The van der Waals surface area contributed by atoms with E-state index in [0.29, 0.717) is 21.7 Å². The Hall–Kier alpha value is 0.860. The van der Waals surface area contributed by atoms with Crippen molar-refractivity contribution >= 4 is 33.2 Å². The zero-order chi connectivity index (χ0) is 27.3. The van der Waals surface area contributed by atoms with Gasteiger partial charge < -0.3 is 0 Å². The third kappa shape index (κ3) is 8.94. The molecule has 0 N–H and O–H groups in total. The van der Waals surface area contributed by atoms with E-state index in [1.165, 1.54) is 115 Å². The first-order chi connectivity index (χ1) is 17.0. The number of hydrogen-bond donors (Lipinski definition) is 0. The Balaban J connectivity index is 3.39. The number of alkyl halides is 2. The predicted molar refractivity (Wildman–Crippen MR) is 183 cm³/mol. The first-order valence-electron chi connectivity index (χ1n) is 16.6. The third-order valence-corrected chi connectivity index (χ3v) is 16.6. The summed E-state index contributed by atoms with van der Waals surface area (Å²) in [6.45, 7) is 20.5. The normalized spacial score (nSPS) is 26.3. The molecule has 3 unspecified atom stereocenters. The van der Waals surface area contributed by atoms with Crippen molar-refractivity contribution in [3.05, 3.63) is 0 Å². The van der Waals surface area contributed by atoms with Gasteiger partial charge in [-0.3, -0.25) is 0 Å². The fourth-order valence-corrected chi connectivity index (χ4v) is 17.0. The number of unbranched alkanes of at least 4 members (excludes halogenated alkanes) is 8. The fourth-order valence-electron chi connectivity index (χ4n) is 8.12. The van der Waals surface area contributed by atoms with E-state index in [1.54, 1.807) is 8.86 Å². The van der Waals surface area contributed by atoms with Crippen LogP contribution < -0.4 is 0 Å². The second-order valence-electron chi connectivity index (χ2n) is 14.1. The molecular formula is C33H69B2I. The van der Waals surface area contributed by atoms with Gasteiger partial charge >= 0.3 is 240 Å². The molecule has 0 aromatic carbocycles. The molecule has 1 fully saturated rings. The quantitative estimate of drug-likeness (QED) is 0.0523. The van der Waals surface area contributed by atoms with Gasteiger partial charge in [0.2, 0.25) is 0 Å². The summed E-state index contributed by atoms with van der Waals surface area (Å²) in [4.78, 5) is 0. The summed E-state index contributed by atoms with van der Waals surface area (Å²) in [5.41, 5.74) is 4.95. The van der Waals surface area contributed by atoms with Crippen LogP contribution in [0.5, 0.6) is 0 Å². The minimum absolute atomic E-state index is 0.472. The molecule has 1 heterocycles. The van der Waals surface area contributed by atoms with Crippen LogP contribution in [0.15, 0.2) is 0 Å². The average molecular weight is 614 g/mol. The number of rotatable bonds is 21. The average Bonchev–Trinajstić information content (AvgIpc) is 3.15. The summed E-state index contributed by atoms with van der Waals surface area (Å²) < 4.78 is 3.30. The van der Waals surface area contributed by atoms with Crippen molar-refractivity contribution in [1.29, 1.82) is 0 Å². The molecular weight excluding hydrogens is 545 g/mol. The standard InChI is InChI=1S/C33H69B2I/c1-9-13-15-16-17-18-20-23-33(30(6,7)22-11-3)28-36(35)27-32(33,29(5)21-19-14-10-2)25-24-31(8,12-4)26-34/h29H,9-28,34-35H2,1-8H3/t29?,31?,32?,33-/m0/s1. The zero-order valence-electron chi connectivity index (χ0n) is 27.1. The molecule has 0 nitrogen and oxygen atoms in total. The van der Waals surface area contributed by atoms with E-state index in [0.717, 1.165) is 5.92 Å². The molecule has 0 aliphatic carbocycles. The monoisotopic (exact) mass is 614 g/mol. The molecule has 0 radical (unpaired) electrons. The van der Waals surface area contributed by atoms with Gasteiger partial charge in [0.15, 0.2) is 0 Å². The number of hydrogen-bond acceptors (Lipinski definition) is 0. The van der Waals surface area contributed by atoms with Crippen LogP contribution in [-0.2, 0) is 0 Å². The van der Waals surface area contributed by atoms with Gasteiger partial charge in [-0.15, -0.1) is 0 Å². The fraction of sp³-hybridized carbons (Fsp3) is 1.00. The molecule has 0 aromatic heterocycles. The molecule has 0 saturated carbocycles. The second kappa shape index (κ2) is 16.8. The van der Waals surface area contributed by atoms with Gasteiger partial charge in [0.05, 0.1) is 0 Å². The van der Waals surface area contributed by atoms with Crippen molar-refractivity contribution in [3.63, 3.8) is 0 Å². The second-order valence-corrected chi connectivity index (χ2v) is 19.8. The van der Waals surface area contributed by atoms with Crippen LogP contribution in [0.25, 0.3) is 0 Å². The van der Waals surface area contributed by atoms with Crippen molar-refractivity contribution in [3.8, 4) is 0 Å². The van der Waals surface area contributed by atoms with Crippen molar-refractivity contribution < 1.29 is 0 Å². The van der Waals surface area contributed by atoms with Crippen LogP contribution in [-0.4, -0.2) is 22.4 Å². The summed E-state index contributed by atoms with van der Waals surface area (Å²) in [5.74, 6) is 0.893. The minimum atomic E-state index is -0.902. The molecule has 0 bridgehead atoms. The molecule has 1 aliphatic rings. The molecule has 0 spiro atoms. The van der Waals surface area contributed by atoms with E-state index in [-0.39, 0.29) is 0 Å². The first kappa shape index (κ1) is 34.9. The number of halogens is 1. The molecule has 0 aromatic rings. The first-order valence-corrected chi connectivity index (χ1v) is 21.8. The van der Waals surface area contributed by atoms with E-state index in [9.17, 15) is 0 Å². The van der Waals surface area contributed by atoms with Gasteiger partial charge in [-0.05, 0) is 0 Å². The molecule has 1 saturated heterocycles. The SMILES string of the molecule is BCC(C)(CC)CCC1(C(C)CCCCC)CI(B)C[C@@]1(CCCCCCCCC)C(C)(C)CCC. The van der Waals surface area contributed by atoms with E-state index >= 15 is 0 Å². The van der Waals surface area contributed by atoms with Crippen molar-refractivity contribution in [2.45, 2.75) is 171 Å². The molecule has 0 amide bonds. The van der Waals surface area contributed by atoms with Crippen LogP contribution in [0.2, 0.25) is 6.32 Å². The molecule has 36 heavy (non-hydrogen) atoms. The van der Waals surface area contributed by atoms with Gasteiger partial charge in [-0.2, -0.15) is 0 Å². The van der Waals surface area contributed by atoms with E-state index in [2.05, 4.69) is 68.9 Å². The summed E-state index contributed by atoms with van der Waals surface area (Å²) >= 11 is -0.902. The van der Waals surface area contributed by atoms with Crippen molar-refractivity contribution in [2.75, 3.05) is 8.86 Å². The summed E-state index contributed by atoms with van der Waals surface area (Å²) in [6, 6.07) is 0. The summed E-state index contributed by atoms with van der Waals surface area (Å²) in [7, 11) is 2.46. The van der Waals surface area contributed by atoms with E-state index in [4.69, 9.17) is 0 Å². The maximum absolute atomic E-state index is 2.78. The summed E-state index contributed by atoms with van der Waals surface area (Å²) in [5, 5.41) is 0. The van der Waals surface area contributed by atoms with E-state index in [1.807, 2.05) is 0 Å².